The first-order valence-corrected chi connectivity index (χ1v) is 12.1. The second kappa shape index (κ2) is 10.2. The number of ketones is 2. The van der Waals surface area contributed by atoms with E-state index < -0.39 is 23.5 Å². The quantitative estimate of drug-likeness (QED) is 0.545. The van der Waals surface area contributed by atoms with Crippen LogP contribution in [0.25, 0.3) is 22.7 Å². The van der Waals surface area contributed by atoms with Crippen molar-refractivity contribution in [1.29, 1.82) is 0 Å². The Balaban J connectivity index is 2.00. The maximum absolute atomic E-state index is 13.8. The fourth-order valence-corrected chi connectivity index (χ4v) is 4.35. The van der Waals surface area contributed by atoms with Crippen molar-refractivity contribution in [1.82, 2.24) is 0 Å². The molecule has 0 saturated heterocycles. The number of hydrogen-bond acceptors (Lipinski definition) is 6. The minimum absolute atomic E-state index is 0.0745. The molecule has 0 atom stereocenters. The second-order valence-corrected chi connectivity index (χ2v) is 8.82. The van der Waals surface area contributed by atoms with Gasteiger partial charge in [0.25, 0.3) is 0 Å². The van der Waals surface area contributed by atoms with Crippen molar-refractivity contribution in [2.24, 2.45) is 0 Å². The van der Waals surface area contributed by atoms with E-state index in [9.17, 15) is 19.2 Å². The van der Waals surface area contributed by atoms with Crippen molar-refractivity contribution in [2.75, 3.05) is 0 Å². The van der Waals surface area contributed by atoms with Crippen LogP contribution in [0.5, 0.6) is 0 Å². The molecule has 0 aliphatic heterocycles. The average molecular weight is 473 g/mol. The number of fused-ring (bicyclic) bond motifs is 3. The van der Waals surface area contributed by atoms with E-state index in [1.807, 2.05) is 26.8 Å². The molecular weight excluding hydrogens is 444 g/mol. The molecule has 35 heavy (non-hydrogen) atoms. The third-order valence-electron chi connectivity index (χ3n) is 6.15. The van der Waals surface area contributed by atoms with E-state index in [1.54, 1.807) is 36.4 Å². The summed E-state index contributed by atoms with van der Waals surface area (Å²) in [5, 5.41) is 1.72. The van der Waals surface area contributed by atoms with Crippen LogP contribution < -0.4 is 20.9 Å². The SMILES string of the molecule is CCCCC(=O)OC1=c2ccccc2=C2C(=O)C(OC(=O)CCCC)=c3cc(C)ccc3=C2C1=O. The van der Waals surface area contributed by atoms with Crippen LogP contribution >= 0.6 is 0 Å². The summed E-state index contributed by atoms with van der Waals surface area (Å²) < 4.78 is 11.2. The highest BCUT2D eigenvalue weighted by molar-refractivity contribution is 6.58. The molecule has 2 aromatic carbocycles. The molecule has 0 N–H and O–H groups in total. The van der Waals surface area contributed by atoms with Crippen LogP contribution in [0, 0.1) is 6.92 Å². The van der Waals surface area contributed by atoms with E-state index >= 15 is 0 Å². The van der Waals surface area contributed by atoms with Gasteiger partial charge in [-0.3, -0.25) is 19.2 Å². The molecule has 4 rings (SSSR count). The number of aryl methyl sites for hydroxylation is 1. The van der Waals surface area contributed by atoms with Crippen molar-refractivity contribution < 1.29 is 28.7 Å². The second-order valence-electron chi connectivity index (χ2n) is 8.82. The molecule has 0 fully saturated rings. The van der Waals surface area contributed by atoms with E-state index in [1.165, 1.54) is 0 Å². The molecule has 0 amide bonds. The smallest absolute Gasteiger partial charge is 0.311 e. The summed E-state index contributed by atoms with van der Waals surface area (Å²) in [6.07, 6.45) is 3.33. The van der Waals surface area contributed by atoms with Gasteiger partial charge in [0.1, 0.15) is 0 Å². The molecule has 0 heterocycles. The number of unbranched alkanes of at least 4 members (excludes halogenated alkanes) is 2. The maximum atomic E-state index is 13.8. The summed E-state index contributed by atoms with van der Waals surface area (Å²) in [6, 6.07) is 12.2. The van der Waals surface area contributed by atoms with E-state index in [2.05, 4.69) is 0 Å². The van der Waals surface area contributed by atoms with Gasteiger partial charge in [-0.05, 0) is 36.3 Å². The minimum Gasteiger partial charge on any atom is -0.422 e. The summed E-state index contributed by atoms with van der Waals surface area (Å²) in [5.41, 5.74) is 1.17. The Morgan fingerprint density at radius 3 is 1.71 bits per heavy atom. The lowest BCUT2D eigenvalue weighted by Crippen LogP contribution is -2.47. The Bertz CT molecular complexity index is 1490. The highest BCUT2D eigenvalue weighted by Gasteiger charge is 2.37. The Morgan fingerprint density at radius 1 is 0.686 bits per heavy atom. The predicted octanol–water partition coefficient (Wildman–Crippen LogP) is 1.85. The first-order chi connectivity index (χ1) is 16.9. The fraction of sp³-hybridized carbons (Fsp3) is 0.310. The Hall–Kier alpha value is -3.80. The molecule has 0 saturated carbocycles. The van der Waals surface area contributed by atoms with Crippen molar-refractivity contribution in [3.8, 4) is 0 Å². The van der Waals surface area contributed by atoms with Gasteiger partial charge in [-0.15, -0.1) is 0 Å². The topological polar surface area (TPSA) is 86.7 Å². The molecule has 180 valence electrons. The normalized spacial score (nSPS) is 14.4. The molecule has 2 aliphatic rings. The van der Waals surface area contributed by atoms with Gasteiger partial charge in [0.05, 0.1) is 0 Å². The van der Waals surface area contributed by atoms with Gasteiger partial charge in [0.15, 0.2) is 11.5 Å². The molecule has 0 spiro atoms. The van der Waals surface area contributed by atoms with E-state index in [0.717, 1.165) is 18.4 Å². The number of rotatable bonds is 8. The van der Waals surface area contributed by atoms with Gasteiger partial charge in [0.2, 0.25) is 11.6 Å². The van der Waals surface area contributed by atoms with Crippen LogP contribution in [0.15, 0.2) is 42.5 Å². The first-order valence-electron chi connectivity index (χ1n) is 12.1. The zero-order valence-electron chi connectivity index (χ0n) is 20.2. The molecule has 6 nitrogen and oxygen atoms in total. The largest absolute Gasteiger partial charge is 0.422 e. The lowest BCUT2D eigenvalue weighted by atomic mass is 9.83. The van der Waals surface area contributed by atoms with E-state index in [0.29, 0.717) is 33.7 Å². The Kier molecular flexibility index (Phi) is 7.10. The Labute approximate surface area is 203 Å². The van der Waals surface area contributed by atoms with Gasteiger partial charge in [-0.1, -0.05) is 68.7 Å². The number of hydrogen-bond donors (Lipinski definition) is 0. The van der Waals surface area contributed by atoms with Crippen LogP contribution in [0.1, 0.15) is 57.9 Å². The van der Waals surface area contributed by atoms with Crippen LogP contribution in [-0.2, 0) is 28.7 Å². The van der Waals surface area contributed by atoms with Crippen molar-refractivity contribution in [3.63, 3.8) is 0 Å². The highest BCUT2D eigenvalue weighted by Crippen LogP contribution is 2.26. The fourth-order valence-electron chi connectivity index (χ4n) is 4.35. The van der Waals surface area contributed by atoms with Gasteiger partial charge in [-0.25, -0.2) is 0 Å². The van der Waals surface area contributed by atoms with Gasteiger partial charge >= 0.3 is 11.9 Å². The van der Waals surface area contributed by atoms with Gasteiger partial charge < -0.3 is 9.47 Å². The van der Waals surface area contributed by atoms with Crippen LogP contribution in [0.4, 0.5) is 0 Å². The van der Waals surface area contributed by atoms with Crippen LogP contribution in [0.3, 0.4) is 0 Å². The summed E-state index contributed by atoms with van der Waals surface area (Å²) in [5.74, 6) is -2.19. The summed E-state index contributed by atoms with van der Waals surface area (Å²) >= 11 is 0. The lowest BCUT2D eigenvalue weighted by Gasteiger charge is -2.22. The molecule has 2 aromatic rings. The van der Waals surface area contributed by atoms with Gasteiger partial charge in [0, 0.05) is 34.4 Å². The number of carbonyl (C=O) groups is 4. The van der Waals surface area contributed by atoms with Crippen molar-refractivity contribution in [3.05, 3.63) is 68.9 Å². The van der Waals surface area contributed by atoms with Crippen molar-refractivity contribution in [2.45, 2.75) is 59.3 Å². The zero-order valence-corrected chi connectivity index (χ0v) is 20.2. The van der Waals surface area contributed by atoms with Crippen LogP contribution in [-0.4, -0.2) is 23.5 Å². The maximum Gasteiger partial charge on any atom is 0.311 e. The monoisotopic (exact) mass is 472 g/mol. The molecule has 6 heteroatoms. The summed E-state index contributed by atoms with van der Waals surface area (Å²) in [4.78, 5) is 52.5. The molecule has 0 radical (unpaired) electrons. The standard InChI is InChI=1S/C29H28O6/c1-4-6-12-22(30)34-28-20-11-9-8-10-18(20)24-25(26(28)32)19-15-14-17(3)16-21(19)29(27(24)33)35-23(31)13-7-5-2/h8-11,14-16H,4-7,12-13H2,1-3H3. The number of Topliss-reactive ketones (excluding diaryl/α,β-unsaturated/α-hetero) is 2. The summed E-state index contributed by atoms with van der Waals surface area (Å²) in [7, 11) is 0. The molecule has 0 unspecified atom stereocenters. The minimum atomic E-state index is -0.529. The Morgan fingerprint density at radius 2 is 1.17 bits per heavy atom. The summed E-state index contributed by atoms with van der Waals surface area (Å²) in [6.45, 7) is 5.79. The van der Waals surface area contributed by atoms with Gasteiger partial charge in [-0.2, -0.15) is 0 Å². The number of carbonyl (C=O) groups excluding carboxylic acids is 4. The van der Waals surface area contributed by atoms with E-state index in [4.69, 9.17) is 9.47 Å². The van der Waals surface area contributed by atoms with Crippen LogP contribution in [0.2, 0.25) is 0 Å². The first kappa shape index (κ1) is 24.3. The zero-order chi connectivity index (χ0) is 25.1. The van der Waals surface area contributed by atoms with E-state index in [-0.39, 0.29) is 35.5 Å². The molecule has 0 aromatic heterocycles. The average Bonchev–Trinajstić information content (AvgIpc) is 2.85. The molecular formula is C29H28O6. The molecule has 0 bridgehead atoms. The third kappa shape index (κ3) is 4.61. The molecule has 2 aliphatic carbocycles. The lowest BCUT2D eigenvalue weighted by molar-refractivity contribution is -0.139. The number of esters is 2. The number of ether oxygens (including phenoxy) is 2. The third-order valence-corrected chi connectivity index (χ3v) is 6.15. The van der Waals surface area contributed by atoms with Crippen molar-refractivity contribution >= 4 is 46.2 Å². The number of benzene rings is 2. The predicted molar refractivity (Wildman–Crippen MR) is 131 cm³/mol. The highest BCUT2D eigenvalue weighted by atomic mass is 16.5.